The molecule has 22 heavy (non-hydrogen) atoms. The van der Waals surface area contributed by atoms with Gasteiger partial charge in [0.2, 0.25) is 0 Å². The van der Waals surface area contributed by atoms with E-state index in [0.29, 0.717) is 25.3 Å². The fraction of sp³-hybridized carbons (Fsp3) is 0.467. The van der Waals surface area contributed by atoms with E-state index in [0.717, 1.165) is 29.7 Å². The Labute approximate surface area is 138 Å². The highest BCUT2D eigenvalue weighted by molar-refractivity contribution is 9.10. The van der Waals surface area contributed by atoms with Gasteiger partial charge < -0.3 is 16.0 Å². The number of benzene rings is 1. The highest BCUT2D eigenvalue weighted by Gasteiger charge is 2.26. The Bertz CT molecular complexity index is 556. The lowest BCUT2D eigenvalue weighted by Gasteiger charge is -2.34. The molecule has 0 saturated carbocycles. The Morgan fingerprint density at radius 1 is 1.27 bits per heavy atom. The van der Waals surface area contributed by atoms with Gasteiger partial charge in [0.25, 0.3) is 0 Å². The topological polar surface area (TPSA) is 78.7 Å². The third-order valence-corrected chi connectivity index (χ3v) is 4.33. The first-order valence-corrected chi connectivity index (χ1v) is 8.09. The van der Waals surface area contributed by atoms with Crippen molar-refractivity contribution in [1.29, 1.82) is 0 Å². The van der Waals surface area contributed by atoms with Crippen molar-refractivity contribution in [1.82, 2.24) is 9.80 Å². The molecule has 0 radical (unpaired) electrons. The highest BCUT2D eigenvalue weighted by Crippen LogP contribution is 2.23. The molecular weight excluding hydrogens is 348 g/mol. The molecule has 1 aliphatic rings. The standard InChI is InChI=1S/C15H21BrN4O2/c1-11-2-3-13(12(16)10-11)18-14(21)15(22)20-8-6-19(5-4-17)7-9-20/h2-3,10H,4-9,17H2,1H3,(H,18,21). The SMILES string of the molecule is Cc1ccc(NC(=O)C(=O)N2CCN(CCN)CC2)c(Br)c1. The maximum atomic E-state index is 12.2. The molecule has 1 heterocycles. The Morgan fingerprint density at radius 2 is 1.95 bits per heavy atom. The van der Waals surface area contributed by atoms with Gasteiger partial charge in [0.15, 0.2) is 0 Å². The minimum Gasteiger partial charge on any atom is -0.332 e. The fourth-order valence-corrected chi connectivity index (χ4v) is 2.99. The molecule has 0 atom stereocenters. The van der Waals surface area contributed by atoms with E-state index in [1.54, 1.807) is 11.0 Å². The predicted molar refractivity (Wildman–Crippen MR) is 89.6 cm³/mol. The molecule has 1 saturated heterocycles. The van der Waals surface area contributed by atoms with Crippen LogP contribution in [0.1, 0.15) is 5.56 Å². The number of hydrogen-bond acceptors (Lipinski definition) is 4. The van der Waals surface area contributed by atoms with E-state index in [1.807, 2.05) is 19.1 Å². The Kier molecular flexibility index (Phi) is 5.93. The van der Waals surface area contributed by atoms with Gasteiger partial charge in [-0.05, 0) is 40.5 Å². The van der Waals surface area contributed by atoms with Gasteiger partial charge in [-0.2, -0.15) is 0 Å². The average Bonchev–Trinajstić information content (AvgIpc) is 2.50. The molecule has 0 spiro atoms. The first-order chi connectivity index (χ1) is 10.5. The minimum absolute atomic E-state index is 0.486. The smallest absolute Gasteiger partial charge is 0.313 e. The molecule has 0 bridgehead atoms. The third kappa shape index (κ3) is 4.28. The molecule has 0 unspecified atom stereocenters. The summed E-state index contributed by atoms with van der Waals surface area (Å²) in [6.45, 7) is 6.01. The van der Waals surface area contributed by atoms with Crippen LogP contribution in [0.5, 0.6) is 0 Å². The number of amides is 2. The Balaban J connectivity index is 1.91. The van der Waals surface area contributed by atoms with Crippen molar-refractivity contribution in [3.8, 4) is 0 Å². The second-order valence-corrected chi connectivity index (χ2v) is 6.21. The molecule has 120 valence electrons. The van der Waals surface area contributed by atoms with Crippen molar-refractivity contribution in [2.75, 3.05) is 44.6 Å². The lowest BCUT2D eigenvalue weighted by molar-refractivity contribution is -0.144. The number of anilines is 1. The van der Waals surface area contributed by atoms with Crippen LogP contribution in [-0.2, 0) is 9.59 Å². The molecule has 1 aromatic carbocycles. The zero-order chi connectivity index (χ0) is 16.1. The first-order valence-electron chi connectivity index (χ1n) is 7.30. The van der Waals surface area contributed by atoms with Crippen molar-refractivity contribution in [3.05, 3.63) is 28.2 Å². The fourth-order valence-electron chi connectivity index (χ4n) is 2.40. The summed E-state index contributed by atoms with van der Waals surface area (Å²) in [5, 5.41) is 2.66. The molecule has 6 nitrogen and oxygen atoms in total. The molecule has 1 aromatic rings. The normalized spacial score (nSPS) is 15.7. The van der Waals surface area contributed by atoms with E-state index in [1.165, 1.54) is 0 Å². The molecule has 3 N–H and O–H groups in total. The van der Waals surface area contributed by atoms with Crippen LogP contribution in [0.4, 0.5) is 5.69 Å². The van der Waals surface area contributed by atoms with Crippen molar-refractivity contribution in [2.45, 2.75) is 6.92 Å². The Morgan fingerprint density at radius 3 is 2.55 bits per heavy atom. The monoisotopic (exact) mass is 368 g/mol. The van der Waals surface area contributed by atoms with Gasteiger partial charge in [-0.15, -0.1) is 0 Å². The summed E-state index contributed by atoms with van der Waals surface area (Å²) >= 11 is 3.39. The van der Waals surface area contributed by atoms with Crippen LogP contribution in [-0.4, -0.2) is 60.9 Å². The molecular formula is C15H21BrN4O2. The summed E-state index contributed by atoms with van der Waals surface area (Å²) in [4.78, 5) is 28.1. The second-order valence-electron chi connectivity index (χ2n) is 5.36. The van der Waals surface area contributed by atoms with Gasteiger partial charge in [0.1, 0.15) is 0 Å². The largest absolute Gasteiger partial charge is 0.332 e. The van der Waals surface area contributed by atoms with E-state index in [9.17, 15) is 9.59 Å². The number of carbonyl (C=O) groups is 2. The van der Waals surface area contributed by atoms with Crippen molar-refractivity contribution in [2.24, 2.45) is 5.73 Å². The van der Waals surface area contributed by atoms with Crippen LogP contribution in [0.2, 0.25) is 0 Å². The third-order valence-electron chi connectivity index (χ3n) is 3.67. The average molecular weight is 369 g/mol. The summed E-state index contributed by atoms with van der Waals surface area (Å²) in [7, 11) is 0. The van der Waals surface area contributed by atoms with Crippen molar-refractivity contribution in [3.63, 3.8) is 0 Å². The van der Waals surface area contributed by atoms with Gasteiger partial charge in [-0.25, -0.2) is 0 Å². The van der Waals surface area contributed by atoms with Gasteiger partial charge in [-0.3, -0.25) is 14.5 Å². The molecule has 1 aliphatic heterocycles. The summed E-state index contributed by atoms with van der Waals surface area (Å²) in [6.07, 6.45) is 0. The van der Waals surface area contributed by atoms with Gasteiger partial charge in [-0.1, -0.05) is 6.07 Å². The number of nitrogens with one attached hydrogen (secondary N) is 1. The van der Waals surface area contributed by atoms with Crippen LogP contribution in [0.15, 0.2) is 22.7 Å². The molecule has 7 heteroatoms. The number of piperazine rings is 1. The minimum atomic E-state index is -0.600. The summed E-state index contributed by atoms with van der Waals surface area (Å²) in [5.74, 6) is -1.09. The number of nitrogens with zero attached hydrogens (tertiary/aromatic N) is 2. The van der Waals surface area contributed by atoms with Crippen molar-refractivity contribution < 1.29 is 9.59 Å². The van der Waals surface area contributed by atoms with Crippen molar-refractivity contribution >= 4 is 33.4 Å². The first kappa shape index (κ1) is 16.9. The van der Waals surface area contributed by atoms with E-state index >= 15 is 0 Å². The number of rotatable bonds is 3. The van der Waals surface area contributed by atoms with Crippen LogP contribution in [0.3, 0.4) is 0 Å². The number of carbonyl (C=O) groups excluding carboxylic acids is 2. The summed E-state index contributed by atoms with van der Waals surface area (Å²) in [6, 6.07) is 5.56. The highest BCUT2D eigenvalue weighted by atomic mass is 79.9. The van der Waals surface area contributed by atoms with Crippen LogP contribution >= 0.6 is 15.9 Å². The lowest BCUT2D eigenvalue weighted by atomic mass is 10.2. The molecule has 2 amide bonds. The predicted octanol–water partition coefficient (Wildman–Crippen LogP) is 0.799. The van der Waals surface area contributed by atoms with Crippen LogP contribution in [0.25, 0.3) is 0 Å². The van der Waals surface area contributed by atoms with E-state index < -0.39 is 11.8 Å². The summed E-state index contributed by atoms with van der Waals surface area (Å²) in [5.41, 5.74) is 7.20. The number of nitrogens with two attached hydrogens (primary N) is 1. The number of halogens is 1. The van der Waals surface area contributed by atoms with E-state index in [-0.39, 0.29) is 0 Å². The number of aryl methyl sites for hydroxylation is 1. The van der Waals surface area contributed by atoms with Gasteiger partial charge in [0, 0.05) is 43.7 Å². The lowest BCUT2D eigenvalue weighted by Crippen LogP contribution is -2.52. The Hall–Kier alpha value is -1.44. The molecule has 2 rings (SSSR count). The second kappa shape index (κ2) is 7.71. The van der Waals surface area contributed by atoms with E-state index in [4.69, 9.17) is 5.73 Å². The van der Waals surface area contributed by atoms with Gasteiger partial charge in [0.05, 0.1) is 5.69 Å². The molecule has 0 aliphatic carbocycles. The molecule has 1 fully saturated rings. The summed E-state index contributed by atoms with van der Waals surface area (Å²) < 4.78 is 0.765. The molecule has 0 aromatic heterocycles. The zero-order valence-corrected chi connectivity index (χ0v) is 14.2. The zero-order valence-electron chi connectivity index (χ0n) is 12.6. The van der Waals surface area contributed by atoms with Crippen LogP contribution in [0, 0.1) is 6.92 Å². The quantitative estimate of drug-likeness (QED) is 0.773. The maximum Gasteiger partial charge on any atom is 0.313 e. The maximum absolute atomic E-state index is 12.2. The number of hydrogen-bond donors (Lipinski definition) is 2. The van der Waals surface area contributed by atoms with Crippen LogP contribution < -0.4 is 11.1 Å². The van der Waals surface area contributed by atoms with Gasteiger partial charge >= 0.3 is 11.8 Å². The van der Waals surface area contributed by atoms with E-state index in [2.05, 4.69) is 26.1 Å².